The molecule has 1 atom stereocenters. The second-order valence-corrected chi connectivity index (χ2v) is 7.63. The van der Waals surface area contributed by atoms with E-state index in [2.05, 4.69) is 24.9 Å². The quantitative estimate of drug-likeness (QED) is 0.512. The molecule has 0 saturated heterocycles. The van der Waals surface area contributed by atoms with Gasteiger partial charge >= 0.3 is 0 Å². The van der Waals surface area contributed by atoms with Crippen LogP contribution in [0.3, 0.4) is 0 Å². The van der Waals surface area contributed by atoms with Crippen molar-refractivity contribution in [3.05, 3.63) is 58.5 Å². The van der Waals surface area contributed by atoms with Crippen molar-refractivity contribution in [1.29, 1.82) is 0 Å². The van der Waals surface area contributed by atoms with E-state index in [0.717, 1.165) is 37.2 Å². The largest absolute Gasteiger partial charge is 0.256 e. The molecule has 1 aromatic heterocycles. The Bertz CT molecular complexity index is 780. The molecule has 1 aliphatic carbocycles. The van der Waals surface area contributed by atoms with Crippen LogP contribution >= 0.6 is 11.6 Å². The van der Waals surface area contributed by atoms with Crippen LogP contribution in [0.15, 0.2) is 36.5 Å². The number of hydrogen-bond acceptors (Lipinski definition) is 1. The first kappa shape index (κ1) is 19.1. The van der Waals surface area contributed by atoms with Gasteiger partial charge in [-0.25, -0.2) is 4.39 Å². The highest BCUT2D eigenvalue weighted by atomic mass is 35.5. The van der Waals surface area contributed by atoms with Crippen molar-refractivity contribution in [2.24, 2.45) is 5.92 Å². The second-order valence-electron chi connectivity index (χ2n) is 7.25. The monoisotopic (exact) mass is 371 g/mol. The molecule has 0 fully saturated rings. The van der Waals surface area contributed by atoms with Crippen LogP contribution in [0.2, 0.25) is 5.02 Å². The molecule has 1 unspecified atom stereocenters. The molecule has 0 radical (unpaired) electrons. The Labute approximate surface area is 161 Å². The first-order chi connectivity index (χ1) is 12.6. The van der Waals surface area contributed by atoms with Crippen molar-refractivity contribution in [2.45, 2.75) is 58.8 Å². The Morgan fingerprint density at radius 2 is 1.92 bits per heavy atom. The van der Waals surface area contributed by atoms with Gasteiger partial charge in [-0.3, -0.25) is 4.98 Å². The molecule has 3 rings (SSSR count). The molecule has 0 amide bonds. The topological polar surface area (TPSA) is 12.9 Å². The molecule has 0 spiro atoms. The summed E-state index contributed by atoms with van der Waals surface area (Å²) in [5.74, 6) is 0.397. The lowest BCUT2D eigenvalue weighted by molar-refractivity contribution is 0.445. The molecule has 0 bridgehead atoms. The maximum absolute atomic E-state index is 14.9. The molecule has 2 aromatic rings. The predicted octanol–water partition coefficient (Wildman–Crippen LogP) is 7.48. The summed E-state index contributed by atoms with van der Waals surface area (Å²) >= 11 is 6.42. The van der Waals surface area contributed by atoms with Crippen LogP contribution < -0.4 is 0 Å². The average Bonchev–Trinajstić information content (AvgIpc) is 2.66. The van der Waals surface area contributed by atoms with E-state index in [9.17, 15) is 4.39 Å². The Morgan fingerprint density at radius 3 is 2.54 bits per heavy atom. The van der Waals surface area contributed by atoms with E-state index < -0.39 is 0 Å². The fraction of sp³-hybridized carbons (Fsp3) is 0.435. The zero-order chi connectivity index (χ0) is 18.5. The standard InChI is InChI=1S/C23H27ClFN/c1-3-5-16-7-10-18(11-8-16)19-12-13-20(23(25)22(19)24)21-14-9-17(6-4-2)15-26-21/h9-10,12-16H,3-8,11H2,1-2H3. The average molecular weight is 372 g/mol. The number of benzene rings is 1. The van der Waals surface area contributed by atoms with Crippen molar-refractivity contribution in [1.82, 2.24) is 4.98 Å². The molecule has 1 aromatic carbocycles. The zero-order valence-corrected chi connectivity index (χ0v) is 16.5. The van der Waals surface area contributed by atoms with Crippen LogP contribution in [-0.2, 0) is 6.42 Å². The Balaban J connectivity index is 1.85. The van der Waals surface area contributed by atoms with Gasteiger partial charge in [-0.1, -0.05) is 62.9 Å². The third-order valence-electron chi connectivity index (χ3n) is 5.28. The minimum Gasteiger partial charge on any atom is -0.256 e. The van der Waals surface area contributed by atoms with Gasteiger partial charge in [-0.2, -0.15) is 0 Å². The van der Waals surface area contributed by atoms with E-state index in [4.69, 9.17) is 11.6 Å². The van der Waals surface area contributed by atoms with Gasteiger partial charge in [0, 0.05) is 11.8 Å². The van der Waals surface area contributed by atoms with Crippen LogP contribution in [0.4, 0.5) is 4.39 Å². The molecule has 0 N–H and O–H groups in total. The van der Waals surface area contributed by atoms with E-state index >= 15 is 0 Å². The molecule has 26 heavy (non-hydrogen) atoms. The van der Waals surface area contributed by atoms with E-state index in [1.165, 1.54) is 30.4 Å². The lowest BCUT2D eigenvalue weighted by Gasteiger charge is -2.22. The van der Waals surface area contributed by atoms with Crippen molar-refractivity contribution < 1.29 is 4.39 Å². The van der Waals surface area contributed by atoms with Crippen molar-refractivity contribution in [3.63, 3.8) is 0 Å². The van der Waals surface area contributed by atoms with Crippen LogP contribution in [0.25, 0.3) is 16.8 Å². The lowest BCUT2D eigenvalue weighted by atomic mass is 9.84. The van der Waals surface area contributed by atoms with Gasteiger partial charge in [0.05, 0.1) is 10.7 Å². The molecule has 1 heterocycles. The highest BCUT2D eigenvalue weighted by Gasteiger charge is 2.20. The SMILES string of the molecule is CCCc1ccc(-c2ccc(C3=CCC(CCC)CC3)c(Cl)c2F)nc1. The summed E-state index contributed by atoms with van der Waals surface area (Å²) in [7, 11) is 0. The van der Waals surface area contributed by atoms with Gasteiger partial charge in [-0.15, -0.1) is 0 Å². The molecule has 3 heteroatoms. The minimum absolute atomic E-state index is 0.224. The Hall–Kier alpha value is -1.67. The minimum atomic E-state index is -0.364. The fourth-order valence-electron chi connectivity index (χ4n) is 3.82. The van der Waals surface area contributed by atoms with E-state index in [1.54, 1.807) is 0 Å². The van der Waals surface area contributed by atoms with E-state index in [-0.39, 0.29) is 10.8 Å². The second kappa shape index (κ2) is 8.81. The number of rotatable bonds is 6. The number of nitrogens with zero attached hydrogens (tertiary/aromatic N) is 1. The summed E-state index contributed by atoms with van der Waals surface area (Å²) in [5, 5.41) is 0.224. The fourth-order valence-corrected chi connectivity index (χ4v) is 4.11. The Kier molecular flexibility index (Phi) is 6.48. The summed E-state index contributed by atoms with van der Waals surface area (Å²) in [6.45, 7) is 4.36. The summed E-state index contributed by atoms with van der Waals surface area (Å²) < 4.78 is 14.9. The summed E-state index contributed by atoms with van der Waals surface area (Å²) in [5.41, 5.74) is 4.30. The molecule has 0 saturated carbocycles. The molecule has 138 valence electrons. The predicted molar refractivity (Wildman–Crippen MR) is 109 cm³/mol. The van der Waals surface area contributed by atoms with Crippen LogP contribution in [0, 0.1) is 11.7 Å². The van der Waals surface area contributed by atoms with E-state index in [0.29, 0.717) is 11.3 Å². The van der Waals surface area contributed by atoms with Gasteiger partial charge in [0.25, 0.3) is 0 Å². The van der Waals surface area contributed by atoms with Gasteiger partial charge in [-0.05, 0) is 60.4 Å². The third kappa shape index (κ3) is 4.17. The summed E-state index contributed by atoms with van der Waals surface area (Å²) in [6.07, 6.45) is 11.9. The normalized spacial score (nSPS) is 17.2. The number of allylic oxidation sites excluding steroid dienone is 2. The number of aryl methyl sites for hydroxylation is 1. The number of hydrogen-bond donors (Lipinski definition) is 0. The number of halogens is 2. The van der Waals surface area contributed by atoms with Gasteiger partial charge < -0.3 is 0 Å². The first-order valence-electron chi connectivity index (χ1n) is 9.76. The molecule has 1 nitrogen and oxygen atoms in total. The molecule has 1 aliphatic rings. The molecular weight excluding hydrogens is 345 g/mol. The molecular formula is C23H27ClFN. The first-order valence-corrected chi connectivity index (χ1v) is 10.1. The maximum Gasteiger partial charge on any atom is 0.151 e. The van der Waals surface area contributed by atoms with Gasteiger partial charge in [0.1, 0.15) is 0 Å². The van der Waals surface area contributed by atoms with Crippen LogP contribution in [-0.4, -0.2) is 4.98 Å². The van der Waals surface area contributed by atoms with Gasteiger partial charge in [0.2, 0.25) is 0 Å². The Morgan fingerprint density at radius 1 is 1.12 bits per heavy atom. The van der Waals surface area contributed by atoms with Crippen molar-refractivity contribution in [2.75, 3.05) is 0 Å². The zero-order valence-electron chi connectivity index (χ0n) is 15.7. The summed E-state index contributed by atoms with van der Waals surface area (Å²) in [4.78, 5) is 4.43. The van der Waals surface area contributed by atoms with Crippen molar-refractivity contribution >= 4 is 17.2 Å². The van der Waals surface area contributed by atoms with Crippen molar-refractivity contribution in [3.8, 4) is 11.3 Å². The third-order valence-corrected chi connectivity index (χ3v) is 5.65. The molecule has 0 aliphatic heterocycles. The lowest BCUT2D eigenvalue weighted by Crippen LogP contribution is -2.05. The number of aromatic nitrogens is 1. The highest BCUT2D eigenvalue weighted by Crippen LogP contribution is 2.38. The van der Waals surface area contributed by atoms with Gasteiger partial charge in [0.15, 0.2) is 5.82 Å². The smallest absolute Gasteiger partial charge is 0.151 e. The summed E-state index contributed by atoms with van der Waals surface area (Å²) in [6, 6.07) is 7.67. The van der Waals surface area contributed by atoms with Crippen LogP contribution in [0.5, 0.6) is 0 Å². The van der Waals surface area contributed by atoms with E-state index in [1.807, 2.05) is 30.5 Å². The highest BCUT2D eigenvalue weighted by molar-refractivity contribution is 6.32. The van der Waals surface area contributed by atoms with Crippen LogP contribution in [0.1, 0.15) is 63.5 Å². The number of pyridine rings is 1. The maximum atomic E-state index is 14.9.